The van der Waals surface area contributed by atoms with Crippen LogP contribution in [-0.2, 0) is 16.1 Å². The van der Waals surface area contributed by atoms with Crippen LogP contribution in [0.4, 0.5) is 8.78 Å². The third-order valence-electron chi connectivity index (χ3n) is 5.54. The normalized spacial score (nSPS) is 16.9. The van der Waals surface area contributed by atoms with E-state index in [1.54, 1.807) is 0 Å². The van der Waals surface area contributed by atoms with Crippen LogP contribution in [0.1, 0.15) is 37.8 Å². The predicted octanol–water partition coefficient (Wildman–Crippen LogP) is 4.47. The van der Waals surface area contributed by atoms with Gasteiger partial charge in [-0.2, -0.15) is 0 Å². The summed E-state index contributed by atoms with van der Waals surface area (Å²) in [5.41, 5.74) is 2.29. The second kappa shape index (κ2) is 12.1. The zero-order valence-corrected chi connectivity index (χ0v) is 19.7. The number of hydrogen-bond acceptors (Lipinski definition) is 4. The van der Waals surface area contributed by atoms with Gasteiger partial charge in [0.2, 0.25) is 0 Å². The fraction of sp³-hybridized carbons (Fsp3) is 0.500. The summed E-state index contributed by atoms with van der Waals surface area (Å²) >= 11 is 0. The van der Waals surface area contributed by atoms with Gasteiger partial charge in [0.05, 0.1) is 6.10 Å². The van der Waals surface area contributed by atoms with E-state index in [9.17, 15) is 13.6 Å². The van der Waals surface area contributed by atoms with Gasteiger partial charge in [0.1, 0.15) is 5.75 Å². The molecule has 1 aliphatic rings. The Morgan fingerprint density at radius 2 is 2.03 bits per heavy atom. The van der Waals surface area contributed by atoms with Crippen molar-refractivity contribution >= 4 is 5.91 Å². The average Bonchev–Trinajstić information content (AvgIpc) is 3.27. The number of halogens is 2. The Morgan fingerprint density at radius 3 is 2.70 bits per heavy atom. The number of carbonyl (C=O) groups excluding carboxylic acids is 1. The van der Waals surface area contributed by atoms with E-state index in [1.807, 2.05) is 32.9 Å². The SMILES string of the molecule is Cc1cccc(CN(CC2CCCO2)CC(Oc2ccc(F)c(F)c2)C(=O)NCC(C)C)c1. The molecule has 1 saturated heterocycles. The summed E-state index contributed by atoms with van der Waals surface area (Å²) in [5, 5.41) is 2.91. The van der Waals surface area contributed by atoms with Gasteiger partial charge in [-0.15, -0.1) is 0 Å². The van der Waals surface area contributed by atoms with Gasteiger partial charge in [-0.05, 0) is 43.4 Å². The average molecular weight is 461 g/mol. The highest BCUT2D eigenvalue weighted by molar-refractivity contribution is 5.81. The molecule has 1 heterocycles. The van der Waals surface area contributed by atoms with Gasteiger partial charge < -0.3 is 14.8 Å². The molecule has 1 amide bonds. The van der Waals surface area contributed by atoms with Crippen LogP contribution in [0.2, 0.25) is 0 Å². The molecule has 3 rings (SSSR count). The first kappa shape index (κ1) is 25.1. The maximum absolute atomic E-state index is 13.8. The Balaban J connectivity index is 1.79. The molecule has 5 nitrogen and oxygen atoms in total. The molecule has 0 aliphatic carbocycles. The van der Waals surface area contributed by atoms with Gasteiger partial charge in [0.15, 0.2) is 17.7 Å². The number of carbonyl (C=O) groups is 1. The molecule has 1 fully saturated rings. The minimum Gasteiger partial charge on any atom is -0.479 e. The molecule has 7 heteroatoms. The van der Waals surface area contributed by atoms with Crippen molar-refractivity contribution in [3.63, 3.8) is 0 Å². The molecule has 0 radical (unpaired) electrons. The number of ether oxygens (including phenoxy) is 2. The summed E-state index contributed by atoms with van der Waals surface area (Å²) in [5.74, 6) is -1.86. The summed E-state index contributed by atoms with van der Waals surface area (Å²) in [7, 11) is 0. The molecule has 1 N–H and O–H groups in total. The molecular weight excluding hydrogens is 426 g/mol. The third-order valence-corrected chi connectivity index (χ3v) is 5.54. The van der Waals surface area contributed by atoms with Crippen molar-refractivity contribution in [3.05, 3.63) is 65.2 Å². The number of aryl methyl sites for hydroxylation is 1. The summed E-state index contributed by atoms with van der Waals surface area (Å²) < 4.78 is 38.9. The maximum atomic E-state index is 13.8. The number of hydrogen-bond donors (Lipinski definition) is 1. The van der Waals surface area contributed by atoms with Gasteiger partial charge in [0, 0.05) is 38.9 Å². The fourth-order valence-corrected chi connectivity index (χ4v) is 3.89. The molecule has 0 aromatic heterocycles. The van der Waals surface area contributed by atoms with Crippen molar-refractivity contribution in [1.29, 1.82) is 0 Å². The summed E-state index contributed by atoms with van der Waals surface area (Å²) in [4.78, 5) is 15.2. The van der Waals surface area contributed by atoms with Crippen LogP contribution in [0.3, 0.4) is 0 Å². The molecule has 33 heavy (non-hydrogen) atoms. The molecule has 2 aromatic carbocycles. The lowest BCUT2D eigenvalue weighted by molar-refractivity contribution is -0.129. The minimum atomic E-state index is -1.01. The lowest BCUT2D eigenvalue weighted by Crippen LogP contribution is -2.48. The second-order valence-corrected chi connectivity index (χ2v) is 9.14. The highest BCUT2D eigenvalue weighted by Gasteiger charge is 2.27. The van der Waals surface area contributed by atoms with Crippen molar-refractivity contribution in [2.75, 3.05) is 26.2 Å². The number of amides is 1. The first-order valence-electron chi connectivity index (χ1n) is 11.6. The monoisotopic (exact) mass is 460 g/mol. The van der Waals surface area contributed by atoms with E-state index in [2.05, 4.69) is 22.3 Å². The van der Waals surface area contributed by atoms with E-state index >= 15 is 0 Å². The molecule has 0 spiro atoms. The quantitative estimate of drug-likeness (QED) is 0.538. The molecule has 0 saturated carbocycles. The topological polar surface area (TPSA) is 50.8 Å². The largest absolute Gasteiger partial charge is 0.479 e. The Hall–Kier alpha value is -2.51. The highest BCUT2D eigenvalue weighted by Crippen LogP contribution is 2.20. The minimum absolute atomic E-state index is 0.0949. The smallest absolute Gasteiger partial charge is 0.262 e. The summed E-state index contributed by atoms with van der Waals surface area (Å²) in [6.45, 7) is 8.87. The van der Waals surface area contributed by atoms with Crippen LogP contribution in [0.15, 0.2) is 42.5 Å². The number of rotatable bonds is 11. The van der Waals surface area contributed by atoms with Crippen molar-refractivity contribution in [2.24, 2.45) is 5.92 Å². The van der Waals surface area contributed by atoms with Crippen molar-refractivity contribution in [3.8, 4) is 5.75 Å². The number of nitrogens with zero attached hydrogens (tertiary/aromatic N) is 1. The fourth-order valence-electron chi connectivity index (χ4n) is 3.89. The Morgan fingerprint density at radius 1 is 1.21 bits per heavy atom. The van der Waals surface area contributed by atoms with E-state index in [0.717, 1.165) is 42.7 Å². The lowest BCUT2D eigenvalue weighted by atomic mass is 10.1. The molecule has 2 atom stereocenters. The molecular formula is C26H34F2N2O3. The highest BCUT2D eigenvalue weighted by atomic mass is 19.2. The Kier molecular flexibility index (Phi) is 9.21. The van der Waals surface area contributed by atoms with Crippen molar-refractivity contribution in [1.82, 2.24) is 10.2 Å². The maximum Gasteiger partial charge on any atom is 0.262 e. The second-order valence-electron chi connectivity index (χ2n) is 9.14. The van der Waals surface area contributed by atoms with Crippen molar-refractivity contribution in [2.45, 2.75) is 52.4 Å². The molecule has 1 aliphatic heterocycles. The summed E-state index contributed by atoms with van der Waals surface area (Å²) in [6.07, 6.45) is 1.20. The van der Waals surface area contributed by atoms with Crippen LogP contribution in [0.5, 0.6) is 5.75 Å². The molecule has 2 aromatic rings. The first-order chi connectivity index (χ1) is 15.8. The standard InChI is InChI=1S/C26H34F2N2O3/c1-18(2)14-29-26(31)25(33-21-9-10-23(27)24(28)13-21)17-30(16-22-8-5-11-32-22)15-20-7-4-6-19(3)12-20/h4,6-7,9-10,12-13,18,22,25H,5,8,11,14-17H2,1-3H3,(H,29,31). The van der Waals surface area contributed by atoms with Crippen LogP contribution >= 0.6 is 0 Å². The van der Waals surface area contributed by atoms with E-state index in [0.29, 0.717) is 19.6 Å². The van der Waals surface area contributed by atoms with Crippen LogP contribution in [0, 0.1) is 24.5 Å². The van der Waals surface area contributed by atoms with E-state index in [-0.39, 0.29) is 30.2 Å². The Bertz CT molecular complexity index is 916. The number of benzene rings is 2. The van der Waals surface area contributed by atoms with Gasteiger partial charge in [-0.3, -0.25) is 9.69 Å². The van der Waals surface area contributed by atoms with Crippen LogP contribution < -0.4 is 10.1 Å². The third kappa shape index (κ3) is 8.09. The van der Waals surface area contributed by atoms with Crippen molar-refractivity contribution < 1.29 is 23.0 Å². The van der Waals surface area contributed by atoms with Gasteiger partial charge in [-0.25, -0.2) is 8.78 Å². The van der Waals surface area contributed by atoms with Gasteiger partial charge in [-0.1, -0.05) is 43.7 Å². The van der Waals surface area contributed by atoms with Crippen LogP contribution in [0.25, 0.3) is 0 Å². The van der Waals surface area contributed by atoms with Gasteiger partial charge in [0.25, 0.3) is 5.91 Å². The Labute approximate surface area is 195 Å². The van der Waals surface area contributed by atoms with E-state index < -0.39 is 17.7 Å². The van der Waals surface area contributed by atoms with E-state index in [1.165, 1.54) is 6.07 Å². The number of nitrogens with one attached hydrogen (secondary N) is 1. The zero-order valence-electron chi connectivity index (χ0n) is 19.7. The molecule has 0 bridgehead atoms. The summed E-state index contributed by atoms with van der Waals surface area (Å²) in [6, 6.07) is 11.5. The molecule has 180 valence electrons. The van der Waals surface area contributed by atoms with Crippen LogP contribution in [-0.4, -0.2) is 49.3 Å². The zero-order chi connectivity index (χ0) is 23.8. The van der Waals surface area contributed by atoms with Gasteiger partial charge >= 0.3 is 0 Å². The lowest BCUT2D eigenvalue weighted by Gasteiger charge is -2.29. The predicted molar refractivity (Wildman–Crippen MR) is 124 cm³/mol. The van der Waals surface area contributed by atoms with E-state index in [4.69, 9.17) is 9.47 Å². The first-order valence-corrected chi connectivity index (χ1v) is 11.6. The molecule has 2 unspecified atom stereocenters.